The topological polar surface area (TPSA) is 53.7 Å². The Morgan fingerprint density at radius 3 is 2.68 bits per heavy atom. The Kier molecular flexibility index (Phi) is 3.62. The van der Waals surface area contributed by atoms with Gasteiger partial charge in [0.15, 0.2) is 11.5 Å². The van der Waals surface area contributed by atoms with E-state index in [1.165, 1.54) is 0 Å². The van der Waals surface area contributed by atoms with Crippen molar-refractivity contribution in [3.63, 3.8) is 0 Å². The summed E-state index contributed by atoms with van der Waals surface area (Å²) in [5.41, 5.74) is 7.49. The fraction of sp³-hybridized carbons (Fsp3) is 0.600. The molecule has 0 saturated carbocycles. The SMILES string of the molecule is CC1OCCC1C(N)c1ccc2c(c1)OCCCO2. The van der Waals surface area contributed by atoms with Crippen LogP contribution < -0.4 is 15.2 Å². The number of rotatable bonds is 2. The van der Waals surface area contributed by atoms with E-state index in [1.54, 1.807) is 0 Å². The van der Waals surface area contributed by atoms with Gasteiger partial charge in [-0.05, 0) is 31.0 Å². The third-order valence-electron chi connectivity index (χ3n) is 4.05. The van der Waals surface area contributed by atoms with Gasteiger partial charge in [-0.2, -0.15) is 0 Å². The molecule has 0 radical (unpaired) electrons. The molecule has 0 amide bonds. The zero-order valence-corrected chi connectivity index (χ0v) is 11.3. The predicted molar refractivity (Wildman–Crippen MR) is 72.5 cm³/mol. The minimum atomic E-state index is -0.00495. The van der Waals surface area contributed by atoms with Crippen LogP contribution in [0.3, 0.4) is 0 Å². The monoisotopic (exact) mass is 263 g/mol. The van der Waals surface area contributed by atoms with Crippen molar-refractivity contribution in [1.82, 2.24) is 0 Å². The van der Waals surface area contributed by atoms with Crippen LogP contribution in [-0.2, 0) is 4.74 Å². The van der Waals surface area contributed by atoms with Gasteiger partial charge in [-0.25, -0.2) is 0 Å². The van der Waals surface area contributed by atoms with Gasteiger partial charge in [0, 0.05) is 25.0 Å². The van der Waals surface area contributed by atoms with Crippen LogP contribution in [-0.4, -0.2) is 25.9 Å². The number of hydrogen-bond acceptors (Lipinski definition) is 4. The molecule has 2 aliphatic heterocycles. The Labute approximate surface area is 113 Å². The first-order valence-electron chi connectivity index (χ1n) is 7.02. The highest BCUT2D eigenvalue weighted by Gasteiger charge is 2.31. The van der Waals surface area contributed by atoms with Crippen LogP contribution in [0.15, 0.2) is 18.2 Å². The first-order chi connectivity index (χ1) is 9.25. The normalized spacial score (nSPS) is 27.9. The molecule has 4 heteroatoms. The molecule has 1 saturated heterocycles. The fourth-order valence-electron chi connectivity index (χ4n) is 2.85. The van der Waals surface area contributed by atoms with Crippen LogP contribution in [0.25, 0.3) is 0 Å². The summed E-state index contributed by atoms with van der Waals surface area (Å²) in [7, 11) is 0. The summed E-state index contributed by atoms with van der Waals surface area (Å²) in [6, 6.07) is 6.03. The van der Waals surface area contributed by atoms with Crippen LogP contribution in [0.4, 0.5) is 0 Å². The van der Waals surface area contributed by atoms with Gasteiger partial charge in [0.25, 0.3) is 0 Å². The largest absolute Gasteiger partial charge is 0.490 e. The summed E-state index contributed by atoms with van der Waals surface area (Å²) < 4.78 is 17.0. The first kappa shape index (κ1) is 12.8. The fourth-order valence-corrected chi connectivity index (χ4v) is 2.85. The summed E-state index contributed by atoms with van der Waals surface area (Å²) in [5, 5.41) is 0. The van der Waals surface area contributed by atoms with Crippen molar-refractivity contribution in [3.05, 3.63) is 23.8 Å². The highest BCUT2D eigenvalue weighted by atomic mass is 16.5. The van der Waals surface area contributed by atoms with Gasteiger partial charge in [-0.1, -0.05) is 6.07 Å². The molecule has 0 aliphatic carbocycles. The molecule has 4 nitrogen and oxygen atoms in total. The second-order valence-electron chi connectivity index (χ2n) is 5.31. The third kappa shape index (κ3) is 2.55. The van der Waals surface area contributed by atoms with E-state index >= 15 is 0 Å². The van der Waals surface area contributed by atoms with Gasteiger partial charge in [0.05, 0.1) is 19.3 Å². The number of fused-ring (bicyclic) bond motifs is 1. The highest BCUT2D eigenvalue weighted by Crippen LogP contribution is 2.36. The molecule has 1 fully saturated rings. The number of ether oxygens (including phenoxy) is 3. The average Bonchev–Trinajstić information content (AvgIpc) is 2.72. The maximum Gasteiger partial charge on any atom is 0.161 e. The first-order valence-corrected chi connectivity index (χ1v) is 7.02. The average molecular weight is 263 g/mol. The van der Waals surface area contributed by atoms with Crippen molar-refractivity contribution in [2.75, 3.05) is 19.8 Å². The van der Waals surface area contributed by atoms with E-state index in [9.17, 15) is 0 Å². The van der Waals surface area contributed by atoms with E-state index < -0.39 is 0 Å². The van der Waals surface area contributed by atoms with Gasteiger partial charge >= 0.3 is 0 Å². The molecule has 2 heterocycles. The standard InChI is InChI=1S/C15H21NO3/c1-10-12(5-8-17-10)15(16)11-3-4-13-14(9-11)19-7-2-6-18-13/h3-4,9-10,12,15H,2,5-8,16H2,1H3. The van der Waals surface area contributed by atoms with E-state index in [1.807, 2.05) is 18.2 Å². The Balaban J connectivity index is 1.82. The molecule has 2 N–H and O–H groups in total. The van der Waals surface area contributed by atoms with Crippen LogP contribution in [0.2, 0.25) is 0 Å². The summed E-state index contributed by atoms with van der Waals surface area (Å²) in [6.07, 6.45) is 2.17. The molecule has 3 atom stereocenters. The Hall–Kier alpha value is -1.26. The van der Waals surface area contributed by atoms with E-state index in [0.29, 0.717) is 19.1 Å². The molecule has 104 valence electrons. The van der Waals surface area contributed by atoms with Crippen molar-refractivity contribution in [1.29, 1.82) is 0 Å². The van der Waals surface area contributed by atoms with Gasteiger partial charge in [-0.3, -0.25) is 0 Å². The molecule has 3 rings (SSSR count). The summed E-state index contributed by atoms with van der Waals surface area (Å²) >= 11 is 0. The van der Waals surface area contributed by atoms with Gasteiger partial charge in [0.2, 0.25) is 0 Å². The minimum absolute atomic E-state index is 0.00495. The van der Waals surface area contributed by atoms with Crippen molar-refractivity contribution in [2.24, 2.45) is 11.7 Å². The third-order valence-corrected chi connectivity index (χ3v) is 4.05. The molecule has 19 heavy (non-hydrogen) atoms. The van der Waals surface area contributed by atoms with Crippen molar-refractivity contribution in [2.45, 2.75) is 31.9 Å². The van der Waals surface area contributed by atoms with Crippen molar-refractivity contribution in [3.8, 4) is 11.5 Å². The van der Waals surface area contributed by atoms with Gasteiger partial charge < -0.3 is 19.9 Å². The smallest absolute Gasteiger partial charge is 0.161 e. The number of benzene rings is 1. The molecule has 1 aromatic rings. The molecule has 0 bridgehead atoms. The molecule has 2 aliphatic rings. The van der Waals surface area contributed by atoms with E-state index in [-0.39, 0.29) is 12.1 Å². The summed E-state index contributed by atoms with van der Waals surface area (Å²) in [5.74, 6) is 2.02. The van der Waals surface area contributed by atoms with Crippen LogP contribution in [0.1, 0.15) is 31.4 Å². The maximum absolute atomic E-state index is 6.39. The van der Waals surface area contributed by atoms with E-state index in [4.69, 9.17) is 19.9 Å². The quantitative estimate of drug-likeness (QED) is 0.889. The predicted octanol–water partition coefficient (Wildman–Crippen LogP) is 2.27. The van der Waals surface area contributed by atoms with Gasteiger partial charge in [0.1, 0.15) is 0 Å². The van der Waals surface area contributed by atoms with E-state index in [0.717, 1.165) is 36.5 Å². The Morgan fingerprint density at radius 2 is 1.95 bits per heavy atom. The number of hydrogen-bond donors (Lipinski definition) is 1. The lowest BCUT2D eigenvalue weighted by molar-refractivity contribution is 0.0994. The second kappa shape index (κ2) is 5.39. The highest BCUT2D eigenvalue weighted by molar-refractivity contribution is 5.44. The maximum atomic E-state index is 6.39. The van der Waals surface area contributed by atoms with Crippen molar-refractivity contribution < 1.29 is 14.2 Å². The van der Waals surface area contributed by atoms with Crippen LogP contribution in [0.5, 0.6) is 11.5 Å². The number of nitrogens with two attached hydrogens (primary N) is 1. The second-order valence-corrected chi connectivity index (χ2v) is 5.31. The minimum Gasteiger partial charge on any atom is -0.490 e. The Morgan fingerprint density at radius 1 is 1.16 bits per heavy atom. The molecule has 0 aromatic heterocycles. The molecular weight excluding hydrogens is 242 g/mol. The van der Waals surface area contributed by atoms with E-state index in [2.05, 4.69) is 6.92 Å². The lowest BCUT2D eigenvalue weighted by atomic mass is 9.89. The lowest BCUT2D eigenvalue weighted by Crippen LogP contribution is -2.26. The van der Waals surface area contributed by atoms with Crippen LogP contribution in [0, 0.1) is 5.92 Å². The summed E-state index contributed by atoms with van der Waals surface area (Å²) in [6.45, 7) is 4.32. The lowest BCUT2D eigenvalue weighted by Gasteiger charge is -2.23. The Bertz CT molecular complexity index is 449. The van der Waals surface area contributed by atoms with Crippen molar-refractivity contribution >= 4 is 0 Å². The van der Waals surface area contributed by atoms with Gasteiger partial charge in [-0.15, -0.1) is 0 Å². The molecule has 1 aromatic carbocycles. The summed E-state index contributed by atoms with van der Waals surface area (Å²) in [4.78, 5) is 0. The zero-order valence-electron chi connectivity index (χ0n) is 11.3. The molecule has 0 spiro atoms. The molecular formula is C15H21NO3. The zero-order chi connectivity index (χ0) is 13.2. The molecule has 3 unspecified atom stereocenters. The van der Waals surface area contributed by atoms with Crippen LogP contribution >= 0.6 is 0 Å².